The molecule has 6 nitrogen and oxygen atoms in total. The molecule has 25 heavy (non-hydrogen) atoms. The summed E-state index contributed by atoms with van der Waals surface area (Å²) < 4.78 is 1.57. The number of hydrogen-bond donors (Lipinski definition) is 1. The van der Waals surface area contributed by atoms with Crippen LogP contribution >= 0.6 is 0 Å². The van der Waals surface area contributed by atoms with E-state index in [1.165, 1.54) is 0 Å². The van der Waals surface area contributed by atoms with Crippen molar-refractivity contribution in [3.63, 3.8) is 0 Å². The van der Waals surface area contributed by atoms with Crippen LogP contribution in [0, 0.1) is 0 Å². The minimum Gasteiger partial charge on any atom is -0.358 e. The molecule has 2 aromatic rings. The largest absolute Gasteiger partial charge is 0.358 e. The summed E-state index contributed by atoms with van der Waals surface area (Å²) in [4.78, 5) is 26.5. The molecule has 0 bridgehead atoms. The van der Waals surface area contributed by atoms with Crippen LogP contribution in [-0.2, 0) is 11.3 Å². The van der Waals surface area contributed by atoms with Gasteiger partial charge in [-0.05, 0) is 39.3 Å². The van der Waals surface area contributed by atoms with Gasteiger partial charge in [-0.15, -0.1) is 0 Å². The van der Waals surface area contributed by atoms with Gasteiger partial charge in [0.2, 0.25) is 5.91 Å². The van der Waals surface area contributed by atoms with Gasteiger partial charge in [0.15, 0.2) is 0 Å². The third-order valence-electron chi connectivity index (χ3n) is 4.03. The Morgan fingerprint density at radius 2 is 1.80 bits per heavy atom. The summed E-state index contributed by atoms with van der Waals surface area (Å²) in [7, 11) is 1.59. The van der Waals surface area contributed by atoms with Crippen molar-refractivity contribution in [1.82, 2.24) is 20.0 Å². The van der Waals surface area contributed by atoms with Crippen LogP contribution < -0.4 is 5.32 Å². The Morgan fingerprint density at radius 3 is 2.40 bits per heavy atom. The topological polar surface area (TPSA) is 67.2 Å². The van der Waals surface area contributed by atoms with E-state index in [0.29, 0.717) is 5.56 Å². The van der Waals surface area contributed by atoms with Crippen molar-refractivity contribution >= 4 is 11.8 Å². The van der Waals surface area contributed by atoms with Crippen molar-refractivity contribution in [1.29, 1.82) is 0 Å². The lowest BCUT2D eigenvalue weighted by molar-refractivity contribution is -0.121. The van der Waals surface area contributed by atoms with Crippen LogP contribution in [0.3, 0.4) is 0 Å². The third-order valence-corrected chi connectivity index (χ3v) is 4.03. The Labute approximate surface area is 148 Å². The minimum absolute atomic E-state index is 0.000323. The van der Waals surface area contributed by atoms with Crippen LogP contribution in [0.4, 0.5) is 0 Å². The lowest BCUT2D eigenvalue weighted by Gasteiger charge is -2.31. The molecule has 6 heteroatoms. The van der Waals surface area contributed by atoms with Gasteiger partial charge in [0.25, 0.3) is 5.91 Å². The first-order valence-corrected chi connectivity index (χ1v) is 8.50. The van der Waals surface area contributed by atoms with Crippen LogP contribution in [0.1, 0.15) is 38.1 Å². The van der Waals surface area contributed by atoms with Crippen LogP contribution in [0.2, 0.25) is 0 Å². The summed E-state index contributed by atoms with van der Waals surface area (Å²) in [5.74, 6) is -0.121. The van der Waals surface area contributed by atoms with E-state index in [-0.39, 0.29) is 30.4 Å². The van der Waals surface area contributed by atoms with Gasteiger partial charge in [-0.3, -0.25) is 14.3 Å². The van der Waals surface area contributed by atoms with Gasteiger partial charge >= 0.3 is 0 Å². The highest BCUT2D eigenvalue weighted by Crippen LogP contribution is 2.25. The predicted molar refractivity (Wildman–Crippen MR) is 98.2 cm³/mol. The zero-order valence-corrected chi connectivity index (χ0v) is 15.5. The van der Waals surface area contributed by atoms with Crippen molar-refractivity contribution in [2.24, 2.45) is 0 Å². The van der Waals surface area contributed by atoms with Crippen LogP contribution in [0.15, 0.2) is 36.7 Å². The Balaban J connectivity index is 2.38. The maximum atomic E-state index is 13.1. The molecule has 0 aliphatic carbocycles. The smallest absolute Gasteiger partial charge is 0.254 e. The fraction of sp³-hybridized carbons (Fsp3) is 0.421. The summed E-state index contributed by atoms with van der Waals surface area (Å²) in [5, 5.41) is 6.80. The number of carbonyl (C=O) groups excluding carboxylic acids is 2. The van der Waals surface area contributed by atoms with E-state index in [0.717, 1.165) is 11.1 Å². The van der Waals surface area contributed by atoms with Gasteiger partial charge < -0.3 is 10.2 Å². The molecular formula is C19H26N4O2. The first kappa shape index (κ1) is 18.7. The maximum Gasteiger partial charge on any atom is 0.254 e. The van der Waals surface area contributed by atoms with Crippen molar-refractivity contribution < 1.29 is 9.59 Å². The number of rotatable bonds is 6. The Bertz CT molecular complexity index is 741. The van der Waals surface area contributed by atoms with Crippen LogP contribution in [0.5, 0.6) is 0 Å². The van der Waals surface area contributed by atoms with Gasteiger partial charge in [-0.1, -0.05) is 18.2 Å². The molecule has 134 valence electrons. The average molecular weight is 342 g/mol. The molecule has 0 spiro atoms. The van der Waals surface area contributed by atoms with Gasteiger partial charge in [0, 0.05) is 36.5 Å². The minimum atomic E-state index is -0.121. The molecule has 0 aliphatic heterocycles. The number of hydrogen-bond acceptors (Lipinski definition) is 3. The van der Waals surface area contributed by atoms with Crippen LogP contribution in [-0.4, -0.2) is 45.6 Å². The van der Waals surface area contributed by atoms with E-state index in [4.69, 9.17) is 0 Å². The maximum absolute atomic E-state index is 13.1. The standard InChI is InChI=1S/C19H26N4O2/c1-13(2)23(14(3)4)19(25)17-9-7-6-8-16(17)15-10-21-22(11-15)12-18(24)20-5/h6-11,13-14H,12H2,1-5H3,(H,20,24). The number of nitrogens with zero attached hydrogens (tertiary/aromatic N) is 3. The molecule has 0 fully saturated rings. The number of nitrogens with one attached hydrogen (secondary N) is 1. The average Bonchev–Trinajstić information content (AvgIpc) is 3.02. The first-order chi connectivity index (χ1) is 11.8. The fourth-order valence-electron chi connectivity index (χ4n) is 2.94. The highest BCUT2D eigenvalue weighted by atomic mass is 16.2. The Hall–Kier alpha value is -2.63. The normalized spacial score (nSPS) is 11.0. The molecule has 1 aromatic carbocycles. The second-order valence-electron chi connectivity index (χ2n) is 6.55. The van der Waals surface area contributed by atoms with Gasteiger partial charge in [-0.2, -0.15) is 5.10 Å². The molecule has 1 heterocycles. The monoisotopic (exact) mass is 342 g/mol. The molecule has 0 atom stereocenters. The van der Waals surface area contributed by atoms with Crippen molar-refractivity contribution in [3.8, 4) is 11.1 Å². The first-order valence-electron chi connectivity index (χ1n) is 8.50. The lowest BCUT2D eigenvalue weighted by atomic mass is 10.0. The van der Waals surface area contributed by atoms with E-state index >= 15 is 0 Å². The van der Waals surface area contributed by atoms with E-state index < -0.39 is 0 Å². The third kappa shape index (κ3) is 4.26. The van der Waals surface area contributed by atoms with Crippen LogP contribution in [0.25, 0.3) is 11.1 Å². The highest BCUT2D eigenvalue weighted by molar-refractivity contribution is 6.01. The Kier molecular flexibility index (Phi) is 5.96. The highest BCUT2D eigenvalue weighted by Gasteiger charge is 2.24. The second-order valence-corrected chi connectivity index (χ2v) is 6.55. The number of carbonyl (C=O) groups is 2. The summed E-state index contributed by atoms with van der Waals surface area (Å²) in [6.07, 6.45) is 3.47. The number of likely N-dealkylation sites (N-methyl/N-ethyl adjacent to an activating group) is 1. The fourth-order valence-corrected chi connectivity index (χ4v) is 2.94. The van der Waals surface area contributed by atoms with Crippen molar-refractivity contribution in [2.75, 3.05) is 7.05 Å². The molecule has 2 amide bonds. The molecule has 1 aromatic heterocycles. The number of aromatic nitrogens is 2. The zero-order chi connectivity index (χ0) is 18.6. The quantitative estimate of drug-likeness (QED) is 0.877. The lowest BCUT2D eigenvalue weighted by Crippen LogP contribution is -2.42. The molecule has 1 N–H and O–H groups in total. The predicted octanol–water partition coefficient (Wildman–Crippen LogP) is 2.56. The number of benzene rings is 1. The summed E-state index contributed by atoms with van der Waals surface area (Å²) in [6.45, 7) is 8.21. The van der Waals surface area contributed by atoms with Crippen molar-refractivity contribution in [2.45, 2.75) is 46.3 Å². The van der Waals surface area contributed by atoms with E-state index in [1.54, 1.807) is 24.1 Å². The molecule has 0 radical (unpaired) electrons. The van der Waals surface area contributed by atoms with Crippen molar-refractivity contribution in [3.05, 3.63) is 42.2 Å². The molecule has 2 rings (SSSR count). The molecule has 0 saturated heterocycles. The van der Waals surface area contributed by atoms with E-state index in [9.17, 15) is 9.59 Å². The molecule has 0 aliphatic rings. The van der Waals surface area contributed by atoms with E-state index in [2.05, 4.69) is 10.4 Å². The summed E-state index contributed by atoms with van der Waals surface area (Å²) in [5.41, 5.74) is 2.28. The number of amides is 2. The Morgan fingerprint density at radius 1 is 1.16 bits per heavy atom. The second kappa shape index (κ2) is 7.96. The summed E-state index contributed by atoms with van der Waals surface area (Å²) in [6, 6.07) is 7.73. The molecule has 0 saturated carbocycles. The zero-order valence-electron chi connectivity index (χ0n) is 15.5. The molecule has 0 unspecified atom stereocenters. The van der Waals surface area contributed by atoms with Gasteiger partial charge in [0.05, 0.1) is 6.20 Å². The van der Waals surface area contributed by atoms with Gasteiger partial charge in [-0.25, -0.2) is 0 Å². The molecular weight excluding hydrogens is 316 g/mol. The SMILES string of the molecule is CNC(=O)Cn1cc(-c2ccccc2C(=O)N(C(C)C)C(C)C)cn1. The summed E-state index contributed by atoms with van der Waals surface area (Å²) >= 11 is 0. The van der Waals surface area contributed by atoms with E-state index in [1.807, 2.05) is 56.9 Å². The van der Waals surface area contributed by atoms with Gasteiger partial charge in [0.1, 0.15) is 6.54 Å².